The fourth-order valence-corrected chi connectivity index (χ4v) is 1.11. The van der Waals surface area contributed by atoms with Crippen LogP contribution in [0.3, 0.4) is 0 Å². The van der Waals surface area contributed by atoms with Gasteiger partial charge in [0, 0.05) is 18.5 Å². The molecule has 0 radical (unpaired) electrons. The molecule has 2 aromatic rings. The van der Waals surface area contributed by atoms with Gasteiger partial charge >= 0.3 is 0 Å². The van der Waals surface area contributed by atoms with Crippen molar-refractivity contribution in [2.24, 2.45) is 5.73 Å². The van der Waals surface area contributed by atoms with Gasteiger partial charge in [-0.15, -0.1) is 5.10 Å². The van der Waals surface area contributed by atoms with Crippen LogP contribution in [0.5, 0.6) is 0 Å². The zero-order chi connectivity index (χ0) is 10.8. The van der Waals surface area contributed by atoms with Crippen LogP contribution in [0.2, 0.25) is 0 Å². The van der Waals surface area contributed by atoms with E-state index in [0.717, 1.165) is 0 Å². The van der Waals surface area contributed by atoms with E-state index in [-0.39, 0.29) is 11.4 Å². The highest BCUT2D eigenvalue weighted by Gasteiger charge is 2.11. The molecule has 0 fully saturated rings. The Morgan fingerprint density at radius 2 is 2.27 bits per heavy atom. The summed E-state index contributed by atoms with van der Waals surface area (Å²) in [7, 11) is 0. The Morgan fingerprint density at radius 3 is 2.80 bits per heavy atom. The largest absolute Gasteiger partial charge is 0.382 e. The number of primary amides is 1. The van der Waals surface area contributed by atoms with E-state index >= 15 is 0 Å². The number of hydrogen-bond donors (Lipinski definition) is 2. The van der Waals surface area contributed by atoms with Crippen LogP contribution < -0.4 is 11.5 Å². The average molecular weight is 204 g/mol. The van der Waals surface area contributed by atoms with E-state index in [9.17, 15) is 4.79 Å². The summed E-state index contributed by atoms with van der Waals surface area (Å²) >= 11 is 0. The molecule has 2 rings (SSSR count). The van der Waals surface area contributed by atoms with Gasteiger partial charge in [0.15, 0.2) is 11.6 Å². The van der Waals surface area contributed by atoms with Crippen LogP contribution in [0.25, 0.3) is 5.82 Å². The van der Waals surface area contributed by atoms with Gasteiger partial charge in [-0.3, -0.25) is 4.79 Å². The number of aromatic nitrogens is 4. The summed E-state index contributed by atoms with van der Waals surface area (Å²) in [6, 6.07) is 1.64. The van der Waals surface area contributed by atoms with Crippen molar-refractivity contribution < 1.29 is 4.79 Å². The third kappa shape index (κ3) is 1.62. The summed E-state index contributed by atoms with van der Waals surface area (Å²) in [4.78, 5) is 18.6. The van der Waals surface area contributed by atoms with Crippen LogP contribution in [0.1, 0.15) is 10.4 Å². The van der Waals surface area contributed by atoms with E-state index in [1.165, 1.54) is 17.2 Å². The van der Waals surface area contributed by atoms with Gasteiger partial charge in [0.25, 0.3) is 5.91 Å². The first-order chi connectivity index (χ1) is 7.18. The third-order valence-corrected chi connectivity index (χ3v) is 1.81. The lowest BCUT2D eigenvalue weighted by Crippen LogP contribution is -2.11. The van der Waals surface area contributed by atoms with Gasteiger partial charge in [-0.1, -0.05) is 0 Å². The second-order valence-electron chi connectivity index (χ2n) is 2.80. The lowest BCUT2D eigenvalue weighted by Gasteiger charge is -1.96. The molecule has 0 bridgehead atoms. The van der Waals surface area contributed by atoms with Crippen LogP contribution in [0.15, 0.2) is 24.8 Å². The summed E-state index contributed by atoms with van der Waals surface area (Å²) in [6.45, 7) is 0. The monoisotopic (exact) mass is 204 g/mol. The van der Waals surface area contributed by atoms with E-state index in [1.807, 2.05) is 0 Å². The van der Waals surface area contributed by atoms with Crippen molar-refractivity contribution in [3.8, 4) is 5.82 Å². The Hall–Kier alpha value is -2.44. The van der Waals surface area contributed by atoms with Crippen LogP contribution in [-0.4, -0.2) is 25.7 Å². The number of hydrogen-bond acceptors (Lipinski definition) is 5. The molecular formula is C8H8N6O. The van der Waals surface area contributed by atoms with Crippen molar-refractivity contribution in [2.75, 3.05) is 5.73 Å². The van der Waals surface area contributed by atoms with E-state index < -0.39 is 5.91 Å². The third-order valence-electron chi connectivity index (χ3n) is 1.81. The molecule has 0 saturated heterocycles. The van der Waals surface area contributed by atoms with E-state index in [2.05, 4.69) is 15.1 Å². The minimum absolute atomic E-state index is 0.0844. The Bertz CT molecular complexity index is 491. The van der Waals surface area contributed by atoms with Gasteiger partial charge in [-0.05, 0) is 0 Å². The summed E-state index contributed by atoms with van der Waals surface area (Å²) in [5.74, 6) is -0.0156. The van der Waals surface area contributed by atoms with Gasteiger partial charge in [0.1, 0.15) is 11.9 Å². The number of nitrogens with two attached hydrogens (primary N) is 2. The minimum Gasteiger partial charge on any atom is -0.382 e. The zero-order valence-electron chi connectivity index (χ0n) is 7.66. The molecular weight excluding hydrogens is 196 g/mol. The summed E-state index contributed by atoms with van der Waals surface area (Å²) in [6.07, 6.45) is 4.36. The van der Waals surface area contributed by atoms with Gasteiger partial charge in [0.05, 0.1) is 0 Å². The maximum atomic E-state index is 10.9. The van der Waals surface area contributed by atoms with Crippen molar-refractivity contribution in [3.63, 3.8) is 0 Å². The Balaban J connectivity index is 2.48. The van der Waals surface area contributed by atoms with E-state index in [1.54, 1.807) is 12.3 Å². The quantitative estimate of drug-likeness (QED) is 0.674. The highest BCUT2D eigenvalue weighted by Crippen LogP contribution is 2.10. The summed E-state index contributed by atoms with van der Waals surface area (Å²) in [5, 5.41) is 3.91. The van der Waals surface area contributed by atoms with Gasteiger partial charge < -0.3 is 11.5 Å². The molecule has 0 aliphatic carbocycles. The fraction of sp³-hybridized carbons (Fsp3) is 0. The fourth-order valence-electron chi connectivity index (χ4n) is 1.11. The van der Waals surface area contributed by atoms with Crippen molar-refractivity contribution in [1.82, 2.24) is 19.7 Å². The maximum absolute atomic E-state index is 10.9. The molecule has 0 saturated carbocycles. The van der Waals surface area contributed by atoms with Crippen molar-refractivity contribution >= 4 is 11.7 Å². The number of amides is 1. The molecule has 0 aliphatic heterocycles. The van der Waals surface area contributed by atoms with Crippen LogP contribution in [0.4, 0.5) is 5.82 Å². The predicted molar refractivity (Wildman–Crippen MR) is 52.1 cm³/mol. The molecule has 2 aromatic heterocycles. The molecule has 0 unspecified atom stereocenters. The molecule has 0 atom stereocenters. The van der Waals surface area contributed by atoms with Gasteiger partial charge in [-0.2, -0.15) is 0 Å². The number of nitrogens with zero attached hydrogens (tertiary/aromatic N) is 4. The lowest BCUT2D eigenvalue weighted by molar-refractivity contribution is 0.100. The zero-order valence-corrected chi connectivity index (χ0v) is 7.66. The highest BCUT2D eigenvalue weighted by molar-refractivity contribution is 5.96. The molecule has 0 spiro atoms. The Kier molecular flexibility index (Phi) is 2.05. The number of nitrogen functional groups attached to an aromatic ring is 1. The number of carbonyl (C=O) groups excluding carboxylic acids is 1. The number of anilines is 1. The smallest absolute Gasteiger partial charge is 0.254 e. The van der Waals surface area contributed by atoms with E-state index in [4.69, 9.17) is 11.5 Å². The van der Waals surface area contributed by atoms with Crippen LogP contribution >= 0.6 is 0 Å². The van der Waals surface area contributed by atoms with Crippen molar-refractivity contribution in [2.45, 2.75) is 0 Å². The predicted octanol–water partition coefficient (Wildman–Crippen LogP) is -0.657. The second kappa shape index (κ2) is 3.37. The molecule has 15 heavy (non-hydrogen) atoms. The molecule has 0 aliphatic rings. The highest BCUT2D eigenvalue weighted by atomic mass is 16.1. The van der Waals surface area contributed by atoms with Crippen molar-refractivity contribution in [1.29, 1.82) is 0 Å². The molecule has 4 N–H and O–H groups in total. The first kappa shape index (κ1) is 9.13. The molecule has 1 amide bonds. The first-order valence-corrected chi connectivity index (χ1v) is 4.10. The molecule has 7 heteroatoms. The normalized spacial score (nSPS) is 10.1. The Morgan fingerprint density at radius 1 is 1.47 bits per heavy atom. The molecule has 7 nitrogen and oxygen atoms in total. The summed E-state index contributed by atoms with van der Waals surface area (Å²) in [5.41, 5.74) is 10.8. The molecule has 76 valence electrons. The number of carbonyl (C=O) groups is 1. The molecule has 2 heterocycles. The SMILES string of the molecule is NC(=O)c1cn(-c2ccncn2)nc1N. The summed E-state index contributed by atoms with van der Waals surface area (Å²) < 4.78 is 1.37. The van der Waals surface area contributed by atoms with Crippen LogP contribution in [0, 0.1) is 0 Å². The lowest BCUT2D eigenvalue weighted by atomic mass is 10.3. The van der Waals surface area contributed by atoms with Crippen molar-refractivity contribution in [3.05, 3.63) is 30.4 Å². The minimum atomic E-state index is -0.618. The van der Waals surface area contributed by atoms with Gasteiger partial charge in [-0.25, -0.2) is 14.6 Å². The Labute approximate surface area is 84.7 Å². The van der Waals surface area contributed by atoms with Gasteiger partial charge in [0.2, 0.25) is 0 Å². The second-order valence-corrected chi connectivity index (χ2v) is 2.80. The van der Waals surface area contributed by atoms with E-state index in [0.29, 0.717) is 5.82 Å². The van der Waals surface area contributed by atoms with Crippen LogP contribution in [-0.2, 0) is 0 Å². The average Bonchev–Trinajstić information content (AvgIpc) is 2.62. The standard InChI is InChI=1S/C8H8N6O/c9-7-5(8(10)15)3-14(13-7)6-1-2-11-4-12-6/h1-4H,(H2,9,13)(H2,10,15). The maximum Gasteiger partial charge on any atom is 0.254 e. The molecule has 0 aromatic carbocycles. The first-order valence-electron chi connectivity index (χ1n) is 4.10. The topological polar surface area (TPSA) is 113 Å². The number of rotatable bonds is 2.